The van der Waals surface area contributed by atoms with Gasteiger partial charge >= 0.3 is 5.97 Å². The van der Waals surface area contributed by atoms with Crippen LogP contribution in [-0.4, -0.2) is 33.9 Å². The largest absolute Gasteiger partial charge is 0.468 e. The topological polar surface area (TPSA) is 69.0 Å². The molecule has 1 aromatic heterocycles. The van der Waals surface area contributed by atoms with E-state index in [1.807, 2.05) is 7.05 Å². The lowest BCUT2D eigenvalue weighted by molar-refractivity contribution is -0.143. The summed E-state index contributed by atoms with van der Waals surface area (Å²) in [5.74, 6) is 0.909. The number of aryl methyl sites for hydroxylation is 1. The number of esters is 1. The third-order valence-corrected chi connectivity index (χ3v) is 2.68. The van der Waals surface area contributed by atoms with Gasteiger partial charge in [0.25, 0.3) is 0 Å². The molecule has 0 aliphatic heterocycles. The van der Waals surface area contributed by atoms with Gasteiger partial charge in [-0.05, 0) is 18.8 Å². The van der Waals surface area contributed by atoms with Crippen LogP contribution in [0.1, 0.15) is 18.7 Å². The van der Waals surface area contributed by atoms with Crippen LogP contribution in [0.25, 0.3) is 0 Å². The fourth-order valence-corrected chi connectivity index (χ4v) is 1.67. The number of aromatic nitrogens is 3. The summed E-state index contributed by atoms with van der Waals surface area (Å²) in [5.41, 5.74) is 0. The summed E-state index contributed by atoms with van der Waals surface area (Å²) in [6, 6.07) is -0.214. The smallest absolute Gasteiger partial charge is 0.323 e. The van der Waals surface area contributed by atoms with E-state index in [1.54, 1.807) is 11.0 Å². The molecule has 0 aromatic carbocycles. The first kappa shape index (κ1) is 11.1. The highest BCUT2D eigenvalue weighted by atomic mass is 16.5. The molecule has 88 valence electrons. The Hall–Kier alpha value is -1.43. The molecule has 1 aliphatic carbocycles. The summed E-state index contributed by atoms with van der Waals surface area (Å²) in [5, 5.41) is 7.29. The predicted octanol–water partition coefficient (Wildman–Crippen LogP) is -0.144. The van der Waals surface area contributed by atoms with Crippen LogP contribution in [0.3, 0.4) is 0 Å². The van der Waals surface area contributed by atoms with Crippen LogP contribution in [-0.2, 0) is 23.1 Å². The van der Waals surface area contributed by atoms with E-state index in [1.165, 1.54) is 7.11 Å². The first-order valence-corrected chi connectivity index (χ1v) is 5.36. The lowest BCUT2D eigenvalue weighted by atomic mass is 10.2. The Morgan fingerprint density at radius 2 is 2.50 bits per heavy atom. The van der Waals surface area contributed by atoms with Gasteiger partial charge in [-0.2, -0.15) is 5.10 Å². The molecule has 0 radical (unpaired) electrons. The van der Waals surface area contributed by atoms with Crippen molar-refractivity contribution in [2.75, 3.05) is 7.11 Å². The number of carbonyl (C=O) groups is 1. The average Bonchev–Trinajstić information content (AvgIpc) is 3.02. The summed E-state index contributed by atoms with van der Waals surface area (Å²) in [6.07, 6.45) is 3.81. The van der Waals surface area contributed by atoms with E-state index >= 15 is 0 Å². The number of nitrogens with one attached hydrogen (secondary N) is 1. The first-order chi connectivity index (χ1) is 7.70. The Labute approximate surface area is 94.0 Å². The second kappa shape index (κ2) is 4.61. The zero-order chi connectivity index (χ0) is 11.5. The highest BCUT2D eigenvalue weighted by molar-refractivity contribution is 5.76. The van der Waals surface area contributed by atoms with Crippen molar-refractivity contribution in [2.45, 2.75) is 25.4 Å². The lowest BCUT2D eigenvalue weighted by Crippen LogP contribution is -2.39. The zero-order valence-corrected chi connectivity index (χ0v) is 9.51. The third-order valence-electron chi connectivity index (χ3n) is 2.68. The van der Waals surface area contributed by atoms with E-state index in [0.717, 1.165) is 12.8 Å². The van der Waals surface area contributed by atoms with E-state index in [-0.39, 0.29) is 12.0 Å². The molecule has 6 heteroatoms. The first-order valence-electron chi connectivity index (χ1n) is 5.36. The Morgan fingerprint density at radius 3 is 3.00 bits per heavy atom. The summed E-state index contributed by atoms with van der Waals surface area (Å²) in [6.45, 7) is 0.497. The van der Waals surface area contributed by atoms with E-state index in [4.69, 9.17) is 4.74 Å². The van der Waals surface area contributed by atoms with Crippen molar-refractivity contribution in [3.63, 3.8) is 0 Å². The number of ether oxygens (including phenoxy) is 1. The van der Waals surface area contributed by atoms with Crippen molar-refractivity contribution in [1.29, 1.82) is 0 Å². The minimum atomic E-state index is -0.214. The normalized spacial score (nSPS) is 17.1. The van der Waals surface area contributed by atoms with Gasteiger partial charge in [0, 0.05) is 7.05 Å². The maximum atomic E-state index is 11.5. The molecule has 2 rings (SSSR count). The maximum absolute atomic E-state index is 11.5. The molecule has 1 aliphatic rings. The predicted molar refractivity (Wildman–Crippen MR) is 56.4 cm³/mol. The van der Waals surface area contributed by atoms with Gasteiger partial charge in [0.15, 0.2) is 5.82 Å². The molecule has 1 N–H and O–H groups in total. The molecule has 0 bridgehead atoms. The van der Waals surface area contributed by atoms with Gasteiger partial charge in [-0.1, -0.05) is 0 Å². The highest BCUT2D eigenvalue weighted by Gasteiger charge is 2.36. The number of hydrogen-bond acceptors (Lipinski definition) is 5. The standard InChI is InChI=1S/C10H16N4O2/c1-14-6-12-8(13-14)5-11-9(7-3-4-7)10(15)16-2/h6-7,9,11H,3-5H2,1-2H3. The molecule has 0 amide bonds. The summed E-state index contributed by atoms with van der Waals surface area (Å²) in [4.78, 5) is 15.6. The molecule has 1 saturated carbocycles. The van der Waals surface area contributed by atoms with Crippen LogP contribution in [0.4, 0.5) is 0 Å². The second-order valence-electron chi connectivity index (χ2n) is 4.05. The number of carbonyl (C=O) groups excluding carboxylic acids is 1. The van der Waals surface area contributed by atoms with Gasteiger partial charge in [-0.15, -0.1) is 0 Å². The fourth-order valence-electron chi connectivity index (χ4n) is 1.67. The Morgan fingerprint density at radius 1 is 1.75 bits per heavy atom. The van der Waals surface area contributed by atoms with E-state index < -0.39 is 0 Å². The molecule has 1 unspecified atom stereocenters. The summed E-state index contributed by atoms with van der Waals surface area (Å²) in [7, 11) is 3.23. The molecule has 1 atom stereocenters. The van der Waals surface area contributed by atoms with E-state index in [0.29, 0.717) is 18.3 Å². The lowest BCUT2D eigenvalue weighted by Gasteiger charge is -2.14. The fraction of sp³-hybridized carbons (Fsp3) is 0.700. The molecule has 16 heavy (non-hydrogen) atoms. The second-order valence-corrected chi connectivity index (χ2v) is 4.05. The average molecular weight is 224 g/mol. The van der Waals surface area contributed by atoms with Gasteiger partial charge in [-0.25, -0.2) is 4.98 Å². The van der Waals surface area contributed by atoms with Gasteiger partial charge in [-0.3, -0.25) is 14.8 Å². The number of nitrogens with zero attached hydrogens (tertiary/aromatic N) is 3. The van der Waals surface area contributed by atoms with Crippen molar-refractivity contribution in [1.82, 2.24) is 20.1 Å². The minimum absolute atomic E-state index is 0.196. The van der Waals surface area contributed by atoms with Gasteiger partial charge < -0.3 is 4.74 Å². The van der Waals surface area contributed by atoms with Crippen LogP contribution in [0, 0.1) is 5.92 Å². The van der Waals surface area contributed by atoms with E-state index in [2.05, 4.69) is 15.4 Å². The third kappa shape index (κ3) is 2.57. The molecular formula is C10H16N4O2. The molecule has 6 nitrogen and oxygen atoms in total. The van der Waals surface area contributed by atoms with Crippen LogP contribution < -0.4 is 5.32 Å². The monoisotopic (exact) mass is 224 g/mol. The summed E-state index contributed by atoms with van der Waals surface area (Å²) < 4.78 is 6.40. The quantitative estimate of drug-likeness (QED) is 0.705. The van der Waals surface area contributed by atoms with Crippen molar-refractivity contribution in [3.05, 3.63) is 12.2 Å². The molecule has 1 fully saturated rings. The number of methoxy groups -OCH3 is 1. The van der Waals surface area contributed by atoms with Crippen molar-refractivity contribution in [2.24, 2.45) is 13.0 Å². The SMILES string of the molecule is COC(=O)C(NCc1ncn(C)n1)C1CC1. The molecule has 1 aromatic rings. The number of rotatable bonds is 5. The molecule has 1 heterocycles. The molecule has 0 saturated heterocycles. The van der Waals surface area contributed by atoms with Crippen molar-refractivity contribution >= 4 is 5.97 Å². The van der Waals surface area contributed by atoms with Gasteiger partial charge in [0.1, 0.15) is 12.4 Å². The Bertz CT molecular complexity index is 373. The van der Waals surface area contributed by atoms with Crippen LogP contribution in [0.5, 0.6) is 0 Å². The molecule has 0 spiro atoms. The minimum Gasteiger partial charge on any atom is -0.468 e. The van der Waals surface area contributed by atoms with Crippen LogP contribution in [0.2, 0.25) is 0 Å². The Kier molecular flexibility index (Phi) is 3.19. The summed E-state index contributed by atoms with van der Waals surface area (Å²) >= 11 is 0. The zero-order valence-electron chi connectivity index (χ0n) is 9.51. The van der Waals surface area contributed by atoms with E-state index in [9.17, 15) is 4.79 Å². The highest BCUT2D eigenvalue weighted by Crippen LogP contribution is 2.33. The van der Waals surface area contributed by atoms with Crippen LogP contribution >= 0.6 is 0 Å². The number of hydrogen-bond donors (Lipinski definition) is 1. The van der Waals surface area contributed by atoms with Crippen molar-refractivity contribution in [3.8, 4) is 0 Å². The van der Waals surface area contributed by atoms with Gasteiger partial charge in [0.2, 0.25) is 0 Å². The Balaban J connectivity index is 1.88. The van der Waals surface area contributed by atoms with Crippen LogP contribution in [0.15, 0.2) is 6.33 Å². The van der Waals surface area contributed by atoms with Gasteiger partial charge in [0.05, 0.1) is 13.7 Å². The maximum Gasteiger partial charge on any atom is 0.323 e. The van der Waals surface area contributed by atoms with Crippen molar-refractivity contribution < 1.29 is 9.53 Å². The molecular weight excluding hydrogens is 208 g/mol.